The number of nitrogens with two attached hydrogens (primary N) is 1. The fraction of sp³-hybridized carbons (Fsp3) is 1.00. The number of hydrogen-bond acceptors (Lipinski definition) is 3. The van der Waals surface area contributed by atoms with Gasteiger partial charge < -0.3 is 10.5 Å². The summed E-state index contributed by atoms with van der Waals surface area (Å²) in [6.45, 7) is 9.81. The van der Waals surface area contributed by atoms with Gasteiger partial charge >= 0.3 is 0 Å². The van der Waals surface area contributed by atoms with E-state index in [9.17, 15) is 0 Å². The quantitative estimate of drug-likeness (QED) is 0.833. The molecule has 112 valence electrons. The Kier molecular flexibility index (Phi) is 5.27. The molecule has 3 heteroatoms. The summed E-state index contributed by atoms with van der Waals surface area (Å²) in [5.74, 6) is 0.815. The van der Waals surface area contributed by atoms with Gasteiger partial charge in [0, 0.05) is 18.6 Å². The summed E-state index contributed by atoms with van der Waals surface area (Å²) in [7, 11) is 0. The highest BCUT2D eigenvalue weighted by molar-refractivity contribution is 4.96. The van der Waals surface area contributed by atoms with E-state index in [0.717, 1.165) is 25.6 Å². The maximum Gasteiger partial charge on any atom is 0.0706 e. The molecule has 1 saturated heterocycles. The molecule has 1 aliphatic heterocycles. The van der Waals surface area contributed by atoms with Crippen molar-refractivity contribution in [3.05, 3.63) is 0 Å². The van der Waals surface area contributed by atoms with Crippen molar-refractivity contribution in [3.63, 3.8) is 0 Å². The van der Waals surface area contributed by atoms with Crippen LogP contribution in [0.15, 0.2) is 0 Å². The van der Waals surface area contributed by atoms with Gasteiger partial charge in [0.2, 0.25) is 0 Å². The molecule has 1 saturated carbocycles. The van der Waals surface area contributed by atoms with Crippen LogP contribution < -0.4 is 5.73 Å². The number of nitrogens with zero attached hydrogens (tertiary/aromatic N) is 1. The van der Waals surface area contributed by atoms with Gasteiger partial charge in [0.1, 0.15) is 0 Å². The van der Waals surface area contributed by atoms with E-state index < -0.39 is 0 Å². The molecule has 2 N–H and O–H groups in total. The lowest BCUT2D eigenvalue weighted by atomic mass is 9.75. The Balaban J connectivity index is 2.01. The van der Waals surface area contributed by atoms with Crippen LogP contribution in [-0.4, -0.2) is 42.3 Å². The highest BCUT2D eigenvalue weighted by Gasteiger charge is 2.39. The van der Waals surface area contributed by atoms with Gasteiger partial charge in [0.15, 0.2) is 0 Å². The molecule has 0 bridgehead atoms. The standard InChI is InChI=1S/C16H32N2O/c1-4-18(11-15-8-7-14(3)19-15)16(12-17)9-5-6-13(2)10-16/h13-15H,4-12,17H2,1-3H3. The Morgan fingerprint density at radius 3 is 2.58 bits per heavy atom. The molecule has 4 atom stereocenters. The zero-order chi connectivity index (χ0) is 13.9. The van der Waals surface area contributed by atoms with Crippen molar-refractivity contribution in [1.29, 1.82) is 0 Å². The summed E-state index contributed by atoms with van der Waals surface area (Å²) >= 11 is 0. The van der Waals surface area contributed by atoms with Crippen LogP contribution in [0.4, 0.5) is 0 Å². The van der Waals surface area contributed by atoms with Crippen LogP contribution in [0.25, 0.3) is 0 Å². The largest absolute Gasteiger partial charge is 0.374 e. The molecule has 3 nitrogen and oxygen atoms in total. The zero-order valence-corrected chi connectivity index (χ0v) is 13.0. The summed E-state index contributed by atoms with van der Waals surface area (Å²) in [6.07, 6.45) is 8.54. The number of hydrogen-bond donors (Lipinski definition) is 1. The second-order valence-electron chi connectivity index (χ2n) is 6.81. The maximum atomic E-state index is 6.20. The average molecular weight is 268 g/mol. The van der Waals surface area contributed by atoms with E-state index in [1.54, 1.807) is 0 Å². The Hall–Kier alpha value is -0.120. The highest BCUT2D eigenvalue weighted by atomic mass is 16.5. The third-order valence-electron chi connectivity index (χ3n) is 5.24. The van der Waals surface area contributed by atoms with Gasteiger partial charge in [-0.15, -0.1) is 0 Å². The lowest BCUT2D eigenvalue weighted by molar-refractivity contribution is -0.0184. The van der Waals surface area contributed by atoms with E-state index in [4.69, 9.17) is 10.5 Å². The summed E-state index contributed by atoms with van der Waals surface area (Å²) in [5, 5.41) is 0. The van der Waals surface area contributed by atoms with Gasteiger partial charge in [-0.2, -0.15) is 0 Å². The zero-order valence-electron chi connectivity index (χ0n) is 13.0. The lowest BCUT2D eigenvalue weighted by Crippen LogP contribution is -2.57. The molecule has 4 unspecified atom stereocenters. The van der Waals surface area contributed by atoms with Gasteiger partial charge in [-0.1, -0.05) is 26.7 Å². The molecule has 2 aliphatic rings. The molecular weight excluding hydrogens is 236 g/mol. The van der Waals surface area contributed by atoms with Crippen LogP contribution >= 0.6 is 0 Å². The first kappa shape index (κ1) is 15.3. The predicted molar refractivity (Wildman–Crippen MR) is 80.2 cm³/mol. The van der Waals surface area contributed by atoms with Gasteiger partial charge in [-0.05, 0) is 45.1 Å². The van der Waals surface area contributed by atoms with E-state index >= 15 is 0 Å². The first-order valence-corrected chi connectivity index (χ1v) is 8.20. The van der Waals surface area contributed by atoms with Gasteiger partial charge in [-0.25, -0.2) is 0 Å². The summed E-state index contributed by atoms with van der Waals surface area (Å²) in [5.41, 5.74) is 6.43. The molecule has 2 fully saturated rings. The number of rotatable bonds is 5. The van der Waals surface area contributed by atoms with Crippen LogP contribution in [0, 0.1) is 5.92 Å². The minimum atomic E-state index is 0.238. The van der Waals surface area contributed by atoms with Crippen LogP contribution in [0.1, 0.15) is 59.3 Å². The first-order chi connectivity index (χ1) is 9.09. The number of likely N-dealkylation sites (N-methyl/N-ethyl adjacent to an activating group) is 1. The van der Waals surface area contributed by atoms with E-state index in [1.165, 1.54) is 38.5 Å². The molecule has 1 aliphatic carbocycles. The topological polar surface area (TPSA) is 38.5 Å². The van der Waals surface area contributed by atoms with Crippen LogP contribution in [0.5, 0.6) is 0 Å². The molecule has 19 heavy (non-hydrogen) atoms. The molecule has 0 radical (unpaired) electrons. The maximum absolute atomic E-state index is 6.20. The molecule has 0 aromatic rings. The Bertz CT molecular complexity index is 284. The summed E-state index contributed by atoms with van der Waals surface area (Å²) < 4.78 is 6.02. The van der Waals surface area contributed by atoms with Crippen molar-refractivity contribution in [2.75, 3.05) is 19.6 Å². The third-order valence-corrected chi connectivity index (χ3v) is 5.24. The molecule has 0 amide bonds. The van der Waals surface area contributed by atoms with Crippen molar-refractivity contribution < 1.29 is 4.74 Å². The molecular formula is C16H32N2O. The Labute approximate surface area is 118 Å². The van der Waals surface area contributed by atoms with Crippen molar-refractivity contribution in [3.8, 4) is 0 Å². The smallest absolute Gasteiger partial charge is 0.0706 e. The van der Waals surface area contributed by atoms with Crippen molar-refractivity contribution in [2.24, 2.45) is 11.7 Å². The monoisotopic (exact) mass is 268 g/mol. The Morgan fingerprint density at radius 2 is 2.05 bits per heavy atom. The Morgan fingerprint density at radius 1 is 1.26 bits per heavy atom. The molecule has 1 heterocycles. The van der Waals surface area contributed by atoms with Crippen molar-refractivity contribution in [2.45, 2.75) is 77.0 Å². The van der Waals surface area contributed by atoms with Crippen LogP contribution in [0.2, 0.25) is 0 Å². The number of ether oxygens (including phenoxy) is 1. The lowest BCUT2D eigenvalue weighted by Gasteiger charge is -2.48. The normalized spacial score (nSPS) is 39.9. The van der Waals surface area contributed by atoms with Gasteiger partial charge in [0.25, 0.3) is 0 Å². The van der Waals surface area contributed by atoms with Crippen molar-refractivity contribution >= 4 is 0 Å². The second-order valence-corrected chi connectivity index (χ2v) is 6.81. The summed E-state index contributed by atoms with van der Waals surface area (Å²) in [4.78, 5) is 2.63. The van der Waals surface area contributed by atoms with Gasteiger partial charge in [-0.3, -0.25) is 4.90 Å². The average Bonchev–Trinajstić information content (AvgIpc) is 2.81. The minimum absolute atomic E-state index is 0.238. The third kappa shape index (κ3) is 3.50. The van der Waals surface area contributed by atoms with Crippen molar-refractivity contribution in [1.82, 2.24) is 4.90 Å². The summed E-state index contributed by atoms with van der Waals surface area (Å²) in [6, 6.07) is 0. The fourth-order valence-electron chi connectivity index (χ4n) is 4.16. The second kappa shape index (κ2) is 6.55. The SMILES string of the molecule is CCN(CC1CCC(C)O1)C1(CN)CCCC(C)C1. The minimum Gasteiger partial charge on any atom is -0.374 e. The predicted octanol–water partition coefficient (Wildman–Crippen LogP) is 2.78. The first-order valence-electron chi connectivity index (χ1n) is 8.20. The molecule has 2 rings (SSSR count). The fourth-order valence-corrected chi connectivity index (χ4v) is 4.16. The molecule has 0 aromatic heterocycles. The van der Waals surface area contributed by atoms with E-state index in [2.05, 4.69) is 25.7 Å². The van der Waals surface area contributed by atoms with E-state index in [1.807, 2.05) is 0 Å². The van der Waals surface area contributed by atoms with E-state index in [-0.39, 0.29) is 5.54 Å². The van der Waals surface area contributed by atoms with Crippen LogP contribution in [0.3, 0.4) is 0 Å². The van der Waals surface area contributed by atoms with E-state index in [0.29, 0.717) is 12.2 Å². The van der Waals surface area contributed by atoms with Crippen LogP contribution in [-0.2, 0) is 4.74 Å². The van der Waals surface area contributed by atoms with Gasteiger partial charge in [0.05, 0.1) is 12.2 Å². The highest BCUT2D eigenvalue weighted by Crippen LogP contribution is 2.37. The molecule has 0 spiro atoms. The molecule has 0 aromatic carbocycles.